The van der Waals surface area contributed by atoms with Crippen molar-refractivity contribution in [3.05, 3.63) is 0 Å². The number of nitrogens with one attached hydrogen (secondary N) is 2. The van der Waals surface area contributed by atoms with Crippen LogP contribution in [0, 0.1) is 0 Å². The average molecular weight is 334 g/mol. The van der Waals surface area contributed by atoms with Crippen LogP contribution in [0.5, 0.6) is 0 Å². The molecule has 0 unspecified atom stereocenters. The van der Waals surface area contributed by atoms with E-state index in [1.165, 1.54) is 6.42 Å². The Bertz CT molecular complexity index is 255. The molecule has 0 spiro atoms. The van der Waals surface area contributed by atoms with Crippen LogP contribution in [0.15, 0.2) is 0 Å². The van der Waals surface area contributed by atoms with Crippen molar-refractivity contribution in [1.82, 2.24) is 10.6 Å². The predicted octanol–water partition coefficient (Wildman–Crippen LogP) is 0.579. The molecule has 0 fully saturated rings. The van der Waals surface area contributed by atoms with Gasteiger partial charge in [-0.25, -0.2) is 0 Å². The lowest BCUT2D eigenvalue weighted by Crippen LogP contribution is -2.31. The molecule has 23 heavy (non-hydrogen) atoms. The minimum Gasteiger partial charge on any atom is -0.379 e. The summed E-state index contributed by atoms with van der Waals surface area (Å²) in [6.07, 6.45) is 3.40. The van der Waals surface area contributed by atoms with Gasteiger partial charge in [-0.2, -0.15) is 0 Å². The van der Waals surface area contributed by atoms with E-state index in [4.69, 9.17) is 18.9 Å². The van der Waals surface area contributed by atoms with E-state index in [0.717, 1.165) is 26.0 Å². The van der Waals surface area contributed by atoms with Crippen molar-refractivity contribution in [2.24, 2.45) is 0 Å². The number of amides is 1. The van der Waals surface area contributed by atoms with Gasteiger partial charge in [0.15, 0.2) is 0 Å². The van der Waals surface area contributed by atoms with Gasteiger partial charge in [-0.1, -0.05) is 0 Å². The standard InChI is InChI=1S/C16H34N2O5/c1-3-20-11-12-22-10-8-18-16(19)15-23-14-13-21-9-6-4-5-7-17-2/h17H,3-15H2,1-2H3,(H,18,19). The summed E-state index contributed by atoms with van der Waals surface area (Å²) < 4.78 is 21.1. The molecule has 0 aromatic heterocycles. The Morgan fingerprint density at radius 2 is 1.48 bits per heavy atom. The van der Waals surface area contributed by atoms with Crippen LogP contribution in [-0.2, 0) is 23.7 Å². The number of hydrogen-bond acceptors (Lipinski definition) is 6. The van der Waals surface area contributed by atoms with E-state index in [0.29, 0.717) is 46.2 Å². The molecule has 0 aromatic carbocycles. The van der Waals surface area contributed by atoms with Gasteiger partial charge in [0.05, 0.1) is 33.0 Å². The zero-order valence-electron chi connectivity index (χ0n) is 14.7. The molecule has 0 bridgehead atoms. The molecular weight excluding hydrogens is 300 g/mol. The largest absolute Gasteiger partial charge is 0.379 e. The first kappa shape index (κ1) is 22.3. The third-order valence-electron chi connectivity index (χ3n) is 2.97. The molecule has 0 radical (unpaired) electrons. The summed E-state index contributed by atoms with van der Waals surface area (Å²) >= 11 is 0. The summed E-state index contributed by atoms with van der Waals surface area (Å²) in [5, 5.41) is 5.84. The second kappa shape index (κ2) is 19.3. The van der Waals surface area contributed by atoms with E-state index in [1.54, 1.807) is 0 Å². The fourth-order valence-electron chi connectivity index (χ4n) is 1.75. The summed E-state index contributed by atoms with van der Waals surface area (Å²) in [6, 6.07) is 0. The zero-order valence-corrected chi connectivity index (χ0v) is 14.7. The fourth-order valence-corrected chi connectivity index (χ4v) is 1.75. The van der Waals surface area contributed by atoms with Crippen molar-refractivity contribution in [2.45, 2.75) is 26.2 Å². The minimum atomic E-state index is -0.134. The van der Waals surface area contributed by atoms with Gasteiger partial charge < -0.3 is 29.6 Å². The molecule has 1 amide bonds. The Morgan fingerprint density at radius 3 is 2.22 bits per heavy atom. The molecule has 2 N–H and O–H groups in total. The second-order valence-corrected chi connectivity index (χ2v) is 4.99. The van der Waals surface area contributed by atoms with Crippen molar-refractivity contribution in [3.63, 3.8) is 0 Å². The molecule has 0 heterocycles. The van der Waals surface area contributed by atoms with Crippen molar-refractivity contribution in [1.29, 1.82) is 0 Å². The molecule has 0 atom stereocenters. The van der Waals surface area contributed by atoms with Crippen LogP contribution in [0.25, 0.3) is 0 Å². The predicted molar refractivity (Wildman–Crippen MR) is 89.7 cm³/mol. The second-order valence-electron chi connectivity index (χ2n) is 4.99. The van der Waals surface area contributed by atoms with Gasteiger partial charge in [-0.05, 0) is 39.8 Å². The summed E-state index contributed by atoms with van der Waals surface area (Å²) in [5.41, 5.74) is 0. The highest BCUT2D eigenvalue weighted by Gasteiger charge is 2.00. The molecule has 0 rings (SSSR count). The molecule has 138 valence electrons. The molecule has 0 saturated carbocycles. The highest BCUT2D eigenvalue weighted by molar-refractivity contribution is 5.77. The van der Waals surface area contributed by atoms with Crippen molar-refractivity contribution in [3.8, 4) is 0 Å². The lowest BCUT2D eigenvalue weighted by Gasteiger charge is -2.08. The number of carbonyl (C=O) groups is 1. The first-order chi connectivity index (χ1) is 11.3. The minimum absolute atomic E-state index is 0.0600. The lowest BCUT2D eigenvalue weighted by atomic mass is 10.2. The first-order valence-corrected chi connectivity index (χ1v) is 8.53. The highest BCUT2D eigenvalue weighted by Crippen LogP contribution is 1.94. The maximum Gasteiger partial charge on any atom is 0.246 e. The number of carbonyl (C=O) groups excluding carboxylic acids is 1. The van der Waals surface area contributed by atoms with Crippen LogP contribution in [0.1, 0.15) is 26.2 Å². The van der Waals surface area contributed by atoms with Crippen molar-refractivity contribution >= 4 is 5.91 Å². The number of hydrogen-bond donors (Lipinski definition) is 2. The molecule has 0 aromatic rings. The number of ether oxygens (including phenoxy) is 4. The molecule has 0 aliphatic rings. The summed E-state index contributed by atoms with van der Waals surface area (Å²) in [6.45, 7) is 7.56. The normalized spacial score (nSPS) is 10.9. The van der Waals surface area contributed by atoms with Gasteiger partial charge in [-0.15, -0.1) is 0 Å². The quantitative estimate of drug-likeness (QED) is 0.357. The van der Waals surface area contributed by atoms with Crippen LogP contribution in [0.3, 0.4) is 0 Å². The molecular formula is C16H34N2O5. The van der Waals surface area contributed by atoms with Gasteiger partial charge in [0.25, 0.3) is 0 Å². The highest BCUT2D eigenvalue weighted by atomic mass is 16.5. The Labute approximate surface area is 140 Å². The van der Waals surface area contributed by atoms with E-state index in [9.17, 15) is 4.79 Å². The molecule has 0 saturated heterocycles. The Hall–Kier alpha value is -0.730. The van der Waals surface area contributed by atoms with Crippen LogP contribution in [0.4, 0.5) is 0 Å². The summed E-state index contributed by atoms with van der Waals surface area (Å²) in [4.78, 5) is 11.5. The summed E-state index contributed by atoms with van der Waals surface area (Å²) in [7, 11) is 1.96. The lowest BCUT2D eigenvalue weighted by molar-refractivity contribution is -0.126. The topological polar surface area (TPSA) is 78.1 Å². The van der Waals surface area contributed by atoms with Gasteiger partial charge in [0.1, 0.15) is 6.61 Å². The van der Waals surface area contributed by atoms with E-state index < -0.39 is 0 Å². The molecule has 7 nitrogen and oxygen atoms in total. The maximum atomic E-state index is 11.5. The average Bonchev–Trinajstić information content (AvgIpc) is 2.55. The van der Waals surface area contributed by atoms with Crippen molar-refractivity contribution < 1.29 is 23.7 Å². The fraction of sp³-hybridized carbons (Fsp3) is 0.938. The molecule has 0 aliphatic heterocycles. The van der Waals surface area contributed by atoms with E-state index >= 15 is 0 Å². The summed E-state index contributed by atoms with van der Waals surface area (Å²) in [5.74, 6) is -0.134. The third-order valence-corrected chi connectivity index (χ3v) is 2.97. The zero-order chi connectivity index (χ0) is 17.0. The van der Waals surface area contributed by atoms with Gasteiger partial charge in [-0.3, -0.25) is 4.79 Å². The van der Waals surface area contributed by atoms with E-state index in [-0.39, 0.29) is 12.5 Å². The van der Waals surface area contributed by atoms with Crippen LogP contribution in [-0.4, -0.2) is 78.9 Å². The van der Waals surface area contributed by atoms with E-state index in [2.05, 4.69) is 10.6 Å². The third kappa shape index (κ3) is 19.2. The van der Waals surface area contributed by atoms with Crippen LogP contribution < -0.4 is 10.6 Å². The first-order valence-electron chi connectivity index (χ1n) is 8.53. The Morgan fingerprint density at radius 1 is 0.783 bits per heavy atom. The van der Waals surface area contributed by atoms with Crippen molar-refractivity contribution in [2.75, 3.05) is 73.0 Å². The smallest absolute Gasteiger partial charge is 0.246 e. The molecule has 0 aliphatic carbocycles. The molecule has 7 heteroatoms. The van der Waals surface area contributed by atoms with Gasteiger partial charge in [0.2, 0.25) is 5.91 Å². The SMILES string of the molecule is CCOCCOCCNC(=O)COCCOCCCCCNC. The monoisotopic (exact) mass is 334 g/mol. The Kier molecular flexibility index (Phi) is 18.7. The van der Waals surface area contributed by atoms with E-state index in [1.807, 2.05) is 14.0 Å². The van der Waals surface area contributed by atoms with Gasteiger partial charge in [0, 0.05) is 19.8 Å². The number of rotatable bonds is 18. The number of unbranched alkanes of at least 4 members (excludes halogenated alkanes) is 2. The van der Waals surface area contributed by atoms with Crippen LogP contribution >= 0.6 is 0 Å². The Balaban J connectivity index is 3.13. The maximum absolute atomic E-state index is 11.5. The van der Waals surface area contributed by atoms with Crippen LogP contribution in [0.2, 0.25) is 0 Å². The van der Waals surface area contributed by atoms with Gasteiger partial charge >= 0.3 is 0 Å².